The van der Waals surface area contributed by atoms with Crippen molar-refractivity contribution in [1.82, 2.24) is 10.3 Å². The zero-order valence-electron chi connectivity index (χ0n) is 23.1. The molecule has 6 rings (SSSR count). The van der Waals surface area contributed by atoms with Crippen molar-refractivity contribution < 1.29 is 29.0 Å². The summed E-state index contributed by atoms with van der Waals surface area (Å²) in [5, 5.41) is 12.7. The number of carbonyl (C=O) groups is 3. The van der Waals surface area contributed by atoms with Gasteiger partial charge in [-0.3, -0.25) is 9.59 Å². The molecule has 1 fully saturated rings. The van der Waals surface area contributed by atoms with Gasteiger partial charge in [-0.05, 0) is 60.9 Å². The number of aromatic nitrogens is 1. The molecule has 0 radical (unpaired) electrons. The summed E-state index contributed by atoms with van der Waals surface area (Å²) in [6, 6.07) is 6.47. The van der Waals surface area contributed by atoms with Gasteiger partial charge in [0.25, 0.3) is 5.91 Å². The van der Waals surface area contributed by atoms with Crippen molar-refractivity contribution in [1.29, 1.82) is 0 Å². The Morgan fingerprint density at radius 1 is 1.18 bits per heavy atom. The lowest BCUT2D eigenvalue weighted by Gasteiger charge is -2.47. The van der Waals surface area contributed by atoms with Gasteiger partial charge in [0.05, 0.1) is 36.0 Å². The van der Waals surface area contributed by atoms with Gasteiger partial charge in [0.1, 0.15) is 17.3 Å². The number of anilines is 1. The smallest absolute Gasteiger partial charge is 0.356 e. The molecule has 9 nitrogen and oxygen atoms in total. The van der Waals surface area contributed by atoms with Gasteiger partial charge in [-0.15, -0.1) is 0 Å². The zero-order chi connectivity index (χ0) is 28.5. The summed E-state index contributed by atoms with van der Waals surface area (Å²) in [7, 11) is 1.56. The van der Waals surface area contributed by atoms with Gasteiger partial charge >= 0.3 is 5.97 Å². The van der Waals surface area contributed by atoms with Crippen LogP contribution in [0.15, 0.2) is 46.9 Å². The van der Waals surface area contributed by atoms with Crippen LogP contribution < -0.4 is 15.8 Å². The molecular weight excluding hydrogens is 510 g/mol. The van der Waals surface area contributed by atoms with Crippen molar-refractivity contribution in [3.8, 4) is 17.0 Å². The first kappa shape index (κ1) is 26.1. The lowest BCUT2D eigenvalue weighted by molar-refractivity contribution is -0.121. The van der Waals surface area contributed by atoms with E-state index in [1.807, 2.05) is 26.8 Å². The van der Waals surface area contributed by atoms with E-state index < -0.39 is 11.9 Å². The molecule has 2 aromatic rings. The fourth-order valence-electron chi connectivity index (χ4n) is 6.83. The third kappa shape index (κ3) is 3.82. The minimum atomic E-state index is -1.22. The van der Waals surface area contributed by atoms with E-state index in [9.17, 15) is 19.5 Å². The third-order valence-electron chi connectivity index (χ3n) is 9.03. The highest BCUT2D eigenvalue weighted by molar-refractivity contribution is 6.07. The Labute approximate surface area is 232 Å². The Balaban J connectivity index is 1.59. The first-order valence-corrected chi connectivity index (χ1v) is 13.7. The number of nitrogen functional groups attached to an aromatic ring is 1. The number of nitrogens with two attached hydrogens (primary N) is 1. The van der Waals surface area contributed by atoms with E-state index in [4.69, 9.17) is 15.2 Å². The molecule has 40 heavy (non-hydrogen) atoms. The molecule has 1 saturated carbocycles. The number of amides is 1. The molecule has 4 N–H and O–H groups in total. The van der Waals surface area contributed by atoms with Crippen LogP contribution in [0.3, 0.4) is 0 Å². The number of hydrogen-bond acceptors (Lipinski definition) is 7. The molecule has 0 bridgehead atoms. The van der Waals surface area contributed by atoms with Crippen LogP contribution in [0.2, 0.25) is 0 Å². The van der Waals surface area contributed by atoms with E-state index in [0.717, 1.165) is 24.8 Å². The maximum Gasteiger partial charge on any atom is 0.356 e. The third-order valence-corrected chi connectivity index (χ3v) is 9.03. The summed E-state index contributed by atoms with van der Waals surface area (Å²) in [5.41, 5.74) is 9.07. The first-order valence-electron chi connectivity index (χ1n) is 13.7. The molecule has 9 heteroatoms. The van der Waals surface area contributed by atoms with Gasteiger partial charge in [0.2, 0.25) is 0 Å². The van der Waals surface area contributed by atoms with Gasteiger partial charge in [-0.1, -0.05) is 20.3 Å². The molecular formula is C31H33N3O6. The molecule has 208 valence electrons. The summed E-state index contributed by atoms with van der Waals surface area (Å²) >= 11 is 0. The molecule has 1 aromatic heterocycles. The van der Waals surface area contributed by atoms with Crippen LogP contribution in [0.25, 0.3) is 11.3 Å². The van der Waals surface area contributed by atoms with Crippen LogP contribution in [0.4, 0.5) is 5.69 Å². The van der Waals surface area contributed by atoms with Gasteiger partial charge in [0.15, 0.2) is 11.5 Å². The molecule has 1 spiro atoms. The second-order valence-corrected chi connectivity index (χ2v) is 11.8. The summed E-state index contributed by atoms with van der Waals surface area (Å²) in [6.07, 6.45) is 4.19. The average Bonchev–Trinajstić information content (AvgIpc) is 3.23. The predicted octanol–water partition coefficient (Wildman–Crippen LogP) is 4.66. The van der Waals surface area contributed by atoms with Crippen molar-refractivity contribution in [3.05, 3.63) is 63.8 Å². The van der Waals surface area contributed by atoms with Gasteiger partial charge in [-0.25, -0.2) is 9.78 Å². The molecule has 1 aromatic carbocycles. The Bertz CT molecular complexity index is 1550. The Morgan fingerprint density at radius 2 is 1.93 bits per heavy atom. The zero-order valence-corrected chi connectivity index (χ0v) is 23.1. The van der Waals surface area contributed by atoms with E-state index >= 15 is 0 Å². The van der Waals surface area contributed by atoms with Crippen molar-refractivity contribution in [2.75, 3.05) is 12.8 Å². The largest absolute Gasteiger partial charge is 0.496 e. The van der Waals surface area contributed by atoms with E-state index in [-0.39, 0.29) is 40.4 Å². The van der Waals surface area contributed by atoms with Crippen molar-refractivity contribution in [2.24, 2.45) is 11.3 Å². The van der Waals surface area contributed by atoms with Gasteiger partial charge < -0.3 is 25.6 Å². The second kappa shape index (κ2) is 9.21. The van der Waals surface area contributed by atoms with Crippen molar-refractivity contribution in [3.63, 3.8) is 0 Å². The number of allylic oxidation sites excluding steroid dienone is 2. The van der Waals surface area contributed by atoms with Crippen LogP contribution in [-0.4, -0.2) is 40.9 Å². The quantitative estimate of drug-likeness (QED) is 0.495. The fraction of sp³-hybridized carbons (Fsp3) is 0.419. The number of ether oxygens (including phenoxy) is 2. The molecule has 3 heterocycles. The van der Waals surface area contributed by atoms with Gasteiger partial charge in [0, 0.05) is 29.5 Å². The summed E-state index contributed by atoms with van der Waals surface area (Å²) in [4.78, 5) is 43.6. The van der Waals surface area contributed by atoms with E-state index in [1.54, 1.807) is 19.2 Å². The van der Waals surface area contributed by atoms with Crippen LogP contribution in [0.5, 0.6) is 5.75 Å². The Morgan fingerprint density at radius 3 is 2.55 bits per heavy atom. The van der Waals surface area contributed by atoms with Crippen molar-refractivity contribution >= 4 is 23.3 Å². The minimum absolute atomic E-state index is 0.00364. The van der Waals surface area contributed by atoms with Crippen LogP contribution in [0, 0.1) is 18.3 Å². The topological polar surface area (TPSA) is 141 Å². The van der Waals surface area contributed by atoms with E-state index in [0.29, 0.717) is 58.1 Å². The second-order valence-electron chi connectivity index (χ2n) is 11.8. The number of hydrogen-bond donors (Lipinski definition) is 3. The van der Waals surface area contributed by atoms with E-state index in [1.165, 1.54) is 6.07 Å². The summed E-state index contributed by atoms with van der Waals surface area (Å²) < 4.78 is 12.4. The van der Waals surface area contributed by atoms with Crippen LogP contribution >= 0.6 is 0 Å². The van der Waals surface area contributed by atoms with E-state index in [2.05, 4.69) is 10.3 Å². The summed E-state index contributed by atoms with van der Waals surface area (Å²) in [6.45, 7) is 5.94. The minimum Gasteiger partial charge on any atom is -0.496 e. The Kier molecular flexibility index (Phi) is 6.01. The molecule has 4 aliphatic rings. The highest BCUT2D eigenvalue weighted by atomic mass is 16.5. The molecule has 1 amide bonds. The molecule has 2 atom stereocenters. The highest BCUT2D eigenvalue weighted by Gasteiger charge is 2.53. The number of rotatable bonds is 5. The number of carbonyl (C=O) groups excluding carboxylic acids is 2. The molecule has 2 aliphatic heterocycles. The standard InChI is InChI=1S/C31H33N3O6/c1-14(2)26-28-25(29(36)34-26)24(23-19(35)12-31(10-5-11-31)13-21(23)40-28)22-15(3)16(6-9-20(22)39-4)18-8-7-17(32)27(33-18)30(37)38/h6-9,14,24,26H,5,10-13,32H2,1-4H3,(H,34,36)(H,37,38)/t24-,26+/m0/s1. The number of pyridine rings is 1. The first-order chi connectivity index (χ1) is 19.0. The highest BCUT2D eigenvalue weighted by Crippen LogP contribution is 2.58. The number of carboxylic acid groups (broad SMARTS) is 1. The number of nitrogens with zero attached hydrogens (tertiary/aromatic N) is 1. The summed E-state index contributed by atoms with van der Waals surface area (Å²) in [5.74, 6) is -0.310. The number of benzene rings is 1. The Hall–Kier alpha value is -4.14. The normalized spacial score (nSPS) is 23.0. The number of Topliss-reactive ketones (excluding diaryl/α,β-unsaturated/α-hetero) is 1. The maximum atomic E-state index is 13.9. The van der Waals surface area contributed by atoms with Crippen LogP contribution in [0.1, 0.15) is 73.5 Å². The average molecular weight is 544 g/mol. The number of methoxy groups -OCH3 is 1. The van der Waals surface area contributed by atoms with Crippen molar-refractivity contribution in [2.45, 2.75) is 64.8 Å². The molecule has 0 unspecified atom stereocenters. The number of aromatic carboxylic acids is 1. The fourth-order valence-corrected chi connectivity index (χ4v) is 6.83. The number of carboxylic acids is 1. The van der Waals surface area contributed by atoms with Gasteiger partial charge in [-0.2, -0.15) is 0 Å². The number of ketones is 1. The number of nitrogens with one attached hydrogen (secondary N) is 1. The molecule has 2 aliphatic carbocycles. The lowest BCUT2D eigenvalue weighted by atomic mass is 9.58. The molecule has 0 saturated heterocycles. The lowest BCUT2D eigenvalue weighted by Crippen LogP contribution is -2.40. The monoisotopic (exact) mass is 543 g/mol. The maximum absolute atomic E-state index is 13.9. The van der Waals surface area contributed by atoms with Crippen LogP contribution in [-0.2, 0) is 14.3 Å². The SMILES string of the molecule is COc1ccc(-c2ccc(N)c(C(=O)O)n2)c(C)c1[C@H]1C2=C(CC3(CCC3)CC2=O)OC2=C1C(=O)N[C@@H]2C(C)C. The predicted molar refractivity (Wildman–Crippen MR) is 148 cm³/mol.